The van der Waals surface area contributed by atoms with E-state index in [4.69, 9.17) is 23.7 Å². The first-order valence-electron chi connectivity index (χ1n) is 30.2. The number of carbonyl (C=O) groups excluding carboxylic acids is 3. The standard InChI is InChI=1S/C67H104O12/c1-4-7-10-13-16-19-22-25-27-29-30-32-33-36-38-41-44-47-50-53-59(68)75-56-58(77-60(69)54-51-48-45-42-39-35-24-21-18-15-12-9-6-3)57-76-67-65(63(72)62(71)64(79-67)66(73)74)78-61(70)55-52-49-46-43-40-37-34-31-28-26-23-20-17-14-11-8-5-2/h7-12,16-21,25-28,30,32,35,39,45,48,58,62-65,67,71-72H,4-6,13-15,22-24,29,31,33-34,36-38,40-44,46-47,49-57H2,1-3H3,(H,73,74)/b10-7-,11-8-,12-9-,19-16-,20-17-,21-18-,27-25-,28-26-,32-30-,39-35-,48-45-. The number of aliphatic hydroxyl groups is 2. The van der Waals surface area contributed by atoms with Gasteiger partial charge in [0.15, 0.2) is 24.6 Å². The van der Waals surface area contributed by atoms with E-state index in [9.17, 15) is 34.5 Å². The largest absolute Gasteiger partial charge is 0.479 e. The molecule has 1 rings (SSSR count). The smallest absolute Gasteiger partial charge is 0.335 e. The summed E-state index contributed by atoms with van der Waals surface area (Å²) in [5.74, 6) is -3.28. The zero-order chi connectivity index (χ0) is 57.5. The molecule has 0 bridgehead atoms. The second kappa shape index (κ2) is 53.5. The van der Waals surface area contributed by atoms with Gasteiger partial charge in [-0.3, -0.25) is 14.4 Å². The lowest BCUT2D eigenvalue weighted by Crippen LogP contribution is -2.61. The predicted octanol–water partition coefficient (Wildman–Crippen LogP) is 15.8. The first-order valence-corrected chi connectivity index (χ1v) is 30.2. The van der Waals surface area contributed by atoms with Gasteiger partial charge in [-0.25, -0.2) is 4.79 Å². The molecule has 12 nitrogen and oxygen atoms in total. The van der Waals surface area contributed by atoms with Crippen LogP contribution in [0.4, 0.5) is 0 Å². The topological polar surface area (TPSA) is 175 Å². The normalized spacial score (nSPS) is 18.8. The van der Waals surface area contributed by atoms with E-state index in [0.29, 0.717) is 25.7 Å². The van der Waals surface area contributed by atoms with E-state index in [1.807, 2.05) is 12.2 Å². The van der Waals surface area contributed by atoms with Crippen molar-refractivity contribution in [3.05, 3.63) is 134 Å². The molecule has 1 aliphatic heterocycles. The first-order chi connectivity index (χ1) is 38.6. The second-order valence-electron chi connectivity index (χ2n) is 19.8. The number of aliphatic carboxylic acids is 1. The van der Waals surface area contributed by atoms with Crippen LogP contribution in [-0.2, 0) is 42.9 Å². The maximum Gasteiger partial charge on any atom is 0.335 e. The highest BCUT2D eigenvalue weighted by Gasteiger charge is 2.50. The quantitative estimate of drug-likeness (QED) is 0.0228. The monoisotopic (exact) mass is 1100 g/mol. The van der Waals surface area contributed by atoms with E-state index in [1.165, 1.54) is 0 Å². The zero-order valence-corrected chi connectivity index (χ0v) is 48.8. The Labute approximate surface area is 477 Å². The van der Waals surface area contributed by atoms with Gasteiger partial charge in [0.25, 0.3) is 0 Å². The summed E-state index contributed by atoms with van der Waals surface area (Å²) in [6.45, 7) is 5.56. The Morgan fingerprint density at radius 1 is 0.418 bits per heavy atom. The Kier molecular flexibility index (Phi) is 48.7. The van der Waals surface area contributed by atoms with Gasteiger partial charge < -0.3 is 39.0 Å². The van der Waals surface area contributed by atoms with Gasteiger partial charge in [-0.1, -0.05) is 212 Å². The number of esters is 3. The molecule has 0 amide bonds. The molecule has 3 N–H and O–H groups in total. The molecule has 0 aromatic heterocycles. The van der Waals surface area contributed by atoms with Gasteiger partial charge in [0.05, 0.1) is 6.61 Å². The second-order valence-corrected chi connectivity index (χ2v) is 19.8. The molecule has 0 radical (unpaired) electrons. The summed E-state index contributed by atoms with van der Waals surface area (Å²) in [6.07, 6.45) is 62.9. The van der Waals surface area contributed by atoms with Gasteiger partial charge in [-0.05, 0) is 116 Å². The van der Waals surface area contributed by atoms with E-state index in [0.717, 1.165) is 148 Å². The Morgan fingerprint density at radius 2 is 0.785 bits per heavy atom. The van der Waals surface area contributed by atoms with Gasteiger partial charge in [0.2, 0.25) is 0 Å². The summed E-state index contributed by atoms with van der Waals surface area (Å²) in [5.41, 5.74) is 0. The molecule has 0 aromatic rings. The SMILES string of the molecule is CC/C=C\C/C=C\C/C=C\C/C=C\CCCCCCCCC(=O)OCC(COC1OC(C(=O)O)C(O)C(O)C1OC(=O)CCCCCCCCC/C=C\C/C=C\C/C=C\CC)OC(=O)CC/C=C\C/C=C\C/C=C\C/C=C\CC. The Balaban J connectivity index is 2.72. The molecular weight excluding hydrogens is 997 g/mol. The Bertz CT molecular complexity index is 1880. The van der Waals surface area contributed by atoms with Crippen molar-refractivity contribution >= 4 is 23.9 Å². The van der Waals surface area contributed by atoms with E-state index < -0.39 is 67.3 Å². The Morgan fingerprint density at radius 3 is 1.20 bits per heavy atom. The van der Waals surface area contributed by atoms with Crippen molar-refractivity contribution in [2.24, 2.45) is 0 Å². The van der Waals surface area contributed by atoms with Crippen molar-refractivity contribution in [1.29, 1.82) is 0 Å². The number of hydrogen-bond donors (Lipinski definition) is 3. The van der Waals surface area contributed by atoms with E-state index >= 15 is 0 Å². The molecule has 1 saturated heterocycles. The molecule has 6 atom stereocenters. The van der Waals surface area contributed by atoms with Gasteiger partial charge in [-0.15, -0.1) is 0 Å². The van der Waals surface area contributed by atoms with Crippen LogP contribution in [0.1, 0.15) is 213 Å². The van der Waals surface area contributed by atoms with Crippen LogP contribution in [-0.4, -0.2) is 89.2 Å². The van der Waals surface area contributed by atoms with Gasteiger partial charge >= 0.3 is 23.9 Å². The molecular formula is C67H104O12. The third-order valence-corrected chi connectivity index (χ3v) is 12.7. The maximum absolute atomic E-state index is 13.1. The van der Waals surface area contributed by atoms with Crippen LogP contribution in [0.5, 0.6) is 0 Å². The van der Waals surface area contributed by atoms with Crippen molar-refractivity contribution in [2.75, 3.05) is 13.2 Å². The number of ether oxygens (including phenoxy) is 5. The number of carbonyl (C=O) groups is 4. The minimum atomic E-state index is -1.93. The first kappa shape index (κ1) is 71.9. The van der Waals surface area contributed by atoms with Crippen molar-refractivity contribution < 1.29 is 58.2 Å². The molecule has 0 saturated carbocycles. The van der Waals surface area contributed by atoms with E-state index in [2.05, 4.69) is 142 Å². The molecule has 1 aliphatic rings. The van der Waals surface area contributed by atoms with E-state index in [-0.39, 0.29) is 25.9 Å². The summed E-state index contributed by atoms with van der Waals surface area (Å²) >= 11 is 0. The number of unbranched alkanes of at least 4 members (excludes halogenated alkanes) is 13. The average molecular weight is 1100 g/mol. The van der Waals surface area contributed by atoms with Crippen LogP contribution in [0.25, 0.3) is 0 Å². The van der Waals surface area contributed by atoms with Gasteiger partial charge in [0.1, 0.15) is 18.8 Å². The zero-order valence-electron chi connectivity index (χ0n) is 48.8. The molecule has 12 heteroatoms. The van der Waals surface area contributed by atoms with Crippen LogP contribution in [0.2, 0.25) is 0 Å². The minimum absolute atomic E-state index is 0.0298. The van der Waals surface area contributed by atoms with Crippen molar-refractivity contribution in [2.45, 2.75) is 250 Å². The lowest BCUT2D eigenvalue weighted by atomic mass is 9.98. The van der Waals surface area contributed by atoms with Crippen LogP contribution < -0.4 is 0 Å². The number of carboxylic acids is 1. The molecule has 6 unspecified atom stereocenters. The lowest BCUT2D eigenvalue weighted by molar-refractivity contribution is -0.301. The van der Waals surface area contributed by atoms with Crippen molar-refractivity contribution in [1.82, 2.24) is 0 Å². The molecule has 79 heavy (non-hydrogen) atoms. The van der Waals surface area contributed by atoms with Crippen LogP contribution in [0.15, 0.2) is 134 Å². The van der Waals surface area contributed by atoms with Crippen molar-refractivity contribution in [3.63, 3.8) is 0 Å². The minimum Gasteiger partial charge on any atom is -0.479 e. The van der Waals surface area contributed by atoms with Gasteiger partial charge in [-0.2, -0.15) is 0 Å². The number of rotatable bonds is 49. The van der Waals surface area contributed by atoms with Crippen LogP contribution in [0, 0.1) is 0 Å². The summed E-state index contributed by atoms with van der Waals surface area (Å²) < 4.78 is 28.3. The summed E-state index contributed by atoms with van der Waals surface area (Å²) in [6, 6.07) is 0. The summed E-state index contributed by atoms with van der Waals surface area (Å²) in [7, 11) is 0. The van der Waals surface area contributed by atoms with Crippen LogP contribution >= 0.6 is 0 Å². The fourth-order valence-electron chi connectivity index (χ4n) is 8.21. The summed E-state index contributed by atoms with van der Waals surface area (Å²) in [4.78, 5) is 51.2. The van der Waals surface area contributed by atoms with Crippen LogP contribution in [0.3, 0.4) is 0 Å². The molecule has 0 aliphatic carbocycles. The number of carboxylic acid groups (broad SMARTS) is 1. The lowest BCUT2D eigenvalue weighted by Gasteiger charge is -2.40. The molecule has 0 spiro atoms. The highest BCUT2D eigenvalue weighted by atomic mass is 16.7. The predicted molar refractivity (Wildman–Crippen MR) is 321 cm³/mol. The number of allylic oxidation sites excluding steroid dienone is 22. The fourth-order valence-corrected chi connectivity index (χ4v) is 8.21. The van der Waals surface area contributed by atoms with Crippen molar-refractivity contribution in [3.8, 4) is 0 Å². The molecule has 444 valence electrons. The number of hydrogen-bond acceptors (Lipinski definition) is 11. The number of aliphatic hydroxyl groups excluding tert-OH is 2. The molecule has 1 heterocycles. The molecule has 1 fully saturated rings. The maximum atomic E-state index is 13.1. The highest BCUT2D eigenvalue weighted by molar-refractivity contribution is 5.74. The summed E-state index contributed by atoms with van der Waals surface area (Å²) in [5, 5.41) is 31.5. The third-order valence-electron chi connectivity index (χ3n) is 12.7. The highest BCUT2D eigenvalue weighted by Crippen LogP contribution is 2.26. The van der Waals surface area contributed by atoms with E-state index in [1.54, 1.807) is 0 Å². The third kappa shape index (κ3) is 43.4. The Hall–Kier alpha value is -5.14. The fraction of sp³-hybridized carbons (Fsp3) is 0.612. The average Bonchev–Trinajstić information content (AvgIpc) is 3.47. The molecule has 0 aromatic carbocycles. The van der Waals surface area contributed by atoms with Gasteiger partial charge in [0, 0.05) is 19.3 Å².